The molecule has 0 bridgehead atoms. The average molecular weight is 340 g/mol. The van der Waals surface area contributed by atoms with Crippen LogP contribution in [-0.2, 0) is 4.74 Å². The first-order valence-electron chi connectivity index (χ1n) is 7.25. The van der Waals surface area contributed by atoms with Crippen LogP contribution in [-0.4, -0.2) is 28.1 Å². The summed E-state index contributed by atoms with van der Waals surface area (Å²) in [6.45, 7) is 4.80. The van der Waals surface area contributed by atoms with Crippen molar-refractivity contribution >= 4 is 34.7 Å². The zero-order valence-corrected chi connectivity index (χ0v) is 14.2. The third-order valence-corrected chi connectivity index (χ3v) is 3.68. The number of imidazole rings is 1. The Balaban J connectivity index is 2.29. The molecule has 1 aromatic carbocycles. The number of hydrogen-bond acceptors (Lipinski definition) is 3. The van der Waals surface area contributed by atoms with Crippen LogP contribution in [0.3, 0.4) is 0 Å². The fourth-order valence-corrected chi connectivity index (χ4v) is 2.38. The Morgan fingerprint density at radius 1 is 1.41 bits per heavy atom. The van der Waals surface area contributed by atoms with Crippen molar-refractivity contribution < 1.29 is 4.74 Å². The van der Waals surface area contributed by atoms with E-state index in [2.05, 4.69) is 16.9 Å². The lowest BCUT2D eigenvalue weighted by atomic mass is 10.3. The molecule has 1 atom stereocenters. The Hall–Kier alpha value is -1.36. The van der Waals surface area contributed by atoms with E-state index in [1.54, 1.807) is 30.7 Å². The summed E-state index contributed by atoms with van der Waals surface area (Å²) >= 11 is 12.1. The first kappa shape index (κ1) is 17.0. The number of rotatable bonds is 6. The lowest BCUT2D eigenvalue weighted by Crippen LogP contribution is -2.27. The van der Waals surface area contributed by atoms with E-state index in [0.717, 1.165) is 18.7 Å². The molecule has 0 saturated carbocycles. The fourth-order valence-electron chi connectivity index (χ4n) is 1.93. The molecule has 1 aromatic heterocycles. The molecule has 0 spiro atoms. The van der Waals surface area contributed by atoms with Gasteiger partial charge in [-0.25, -0.2) is 9.98 Å². The highest BCUT2D eigenvalue weighted by molar-refractivity contribution is 6.36. The molecule has 0 aliphatic heterocycles. The first-order valence-corrected chi connectivity index (χ1v) is 8.01. The zero-order valence-electron chi connectivity index (χ0n) is 12.7. The number of aromatic nitrogens is 2. The second-order valence-corrected chi connectivity index (χ2v) is 5.75. The molecule has 0 saturated heterocycles. The van der Waals surface area contributed by atoms with Crippen LogP contribution in [0.4, 0.5) is 5.69 Å². The van der Waals surface area contributed by atoms with Crippen molar-refractivity contribution in [2.45, 2.75) is 32.8 Å². The van der Waals surface area contributed by atoms with Crippen LogP contribution in [0.15, 0.2) is 41.9 Å². The second kappa shape index (κ2) is 8.32. The van der Waals surface area contributed by atoms with Gasteiger partial charge in [-0.15, -0.1) is 0 Å². The Kier molecular flexibility index (Phi) is 6.43. The Morgan fingerprint density at radius 2 is 2.23 bits per heavy atom. The third kappa shape index (κ3) is 4.57. The van der Waals surface area contributed by atoms with Gasteiger partial charge in [-0.3, -0.25) is 4.57 Å². The summed E-state index contributed by atoms with van der Waals surface area (Å²) in [6.07, 6.45) is 7.17. The molecule has 0 radical (unpaired) electrons. The second-order valence-electron chi connectivity index (χ2n) is 4.90. The highest BCUT2D eigenvalue weighted by Gasteiger charge is 2.14. The lowest BCUT2D eigenvalue weighted by Gasteiger charge is -2.17. The number of unbranched alkanes of at least 4 members (excludes halogenated alkanes) is 1. The van der Waals surface area contributed by atoms with Crippen molar-refractivity contribution in [3.63, 3.8) is 0 Å². The molecule has 1 unspecified atom stereocenters. The van der Waals surface area contributed by atoms with Gasteiger partial charge in [0.1, 0.15) is 18.3 Å². The molecule has 0 aliphatic carbocycles. The van der Waals surface area contributed by atoms with Crippen molar-refractivity contribution in [2.24, 2.45) is 4.99 Å². The molecule has 0 amide bonds. The summed E-state index contributed by atoms with van der Waals surface area (Å²) in [7, 11) is 0. The van der Waals surface area contributed by atoms with Crippen LogP contribution in [0.5, 0.6) is 0 Å². The normalized spacial score (nSPS) is 13.4. The van der Waals surface area contributed by atoms with E-state index in [-0.39, 0.29) is 6.10 Å². The van der Waals surface area contributed by atoms with E-state index in [1.807, 2.05) is 17.7 Å². The number of ether oxygens (including phenoxy) is 1. The number of halogens is 2. The van der Waals surface area contributed by atoms with Crippen LogP contribution < -0.4 is 0 Å². The van der Waals surface area contributed by atoms with E-state index >= 15 is 0 Å². The van der Waals surface area contributed by atoms with Gasteiger partial charge in [0.05, 0.1) is 10.7 Å². The van der Waals surface area contributed by atoms with Gasteiger partial charge in [-0.2, -0.15) is 0 Å². The van der Waals surface area contributed by atoms with Crippen LogP contribution in [0.25, 0.3) is 0 Å². The van der Waals surface area contributed by atoms with E-state index in [4.69, 9.17) is 27.9 Å². The average Bonchev–Trinajstić information content (AvgIpc) is 3.00. The van der Waals surface area contributed by atoms with Crippen molar-refractivity contribution in [1.29, 1.82) is 0 Å². The highest BCUT2D eigenvalue weighted by atomic mass is 35.5. The molecule has 22 heavy (non-hydrogen) atoms. The molecular formula is C16H19Cl2N3O. The van der Waals surface area contributed by atoms with E-state index in [0.29, 0.717) is 22.3 Å². The number of nitrogens with zero attached hydrogens (tertiary/aromatic N) is 3. The minimum absolute atomic E-state index is 0.174. The van der Waals surface area contributed by atoms with Gasteiger partial charge in [0, 0.05) is 24.0 Å². The maximum absolute atomic E-state index is 6.21. The Labute approximate surface area is 140 Å². The summed E-state index contributed by atoms with van der Waals surface area (Å²) in [5, 5.41) is 1.09. The molecule has 2 rings (SSSR count). The summed E-state index contributed by atoms with van der Waals surface area (Å²) in [6, 6.07) is 5.23. The van der Waals surface area contributed by atoms with Crippen molar-refractivity contribution in [3.05, 3.63) is 47.0 Å². The molecule has 0 N–H and O–H groups in total. The summed E-state index contributed by atoms with van der Waals surface area (Å²) < 4.78 is 7.69. The minimum Gasteiger partial charge on any atom is -0.371 e. The topological polar surface area (TPSA) is 39.4 Å². The number of aliphatic imine (C=N–C) groups is 1. The molecule has 6 heteroatoms. The van der Waals surface area contributed by atoms with Crippen molar-refractivity contribution in [3.8, 4) is 0 Å². The third-order valence-electron chi connectivity index (χ3n) is 3.14. The predicted octanol–water partition coefficient (Wildman–Crippen LogP) is 4.97. The quantitative estimate of drug-likeness (QED) is 0.423. The van der Waals surface area contributed by atoms with Crippen LogP contribution in [0.2, 0.25) is 10.0 Å². The summed E-state index contributed by atoms with van der Waals surface area (Å²) in [5.74, 6) is 0.734. The first-order chi connectivity index (χ1) is 10.6. The maximum atomic E-state index is 6.21. The summed E-state index contributed by atoms with van der Waals surface area (Å²) in [4.78, 5) is 8.72. The Bertz CT molecular complexity index is 626. The van der Waals surface area contributed by atoms with Gasteiger partial charge < -0.3 is 4.74 Å². The molecular weight excluding hydrogens is 321 g/mol. The molecule has 1 heterocycles. The van der Waals surface area contributed by atoms with Gasteiger partial charge >= 0.3 is 0 Å². The van der Waals surface area contributed by atoms with Gasteiger partial charge in [0.25, 0.3) is 0 Å². The largest absolute Gasteiger partial charge is 0.371 e. The number of hydrogen-bond donors (Lipinski definition) is 0. The Morgan fingerprint density at radius 3 is 2.86 bits per heavy atom. The molecule has 0 aliphatic rings. The lowest BCUT2D eigenvalue weighted by molar-refractivity contribution is 0.105. The van der Waals surface area contributed by atoms with Gasteiger partial charge in [-0.05, 0) is 31.5 Å². The van der Waals surface area contributed by atoms with Gasteiger partial charge in [0.2, 0.25) is 0 Å². The van der Waals surface area contributed by atoms with E-state index in [1.165, 1.54) is 0 Å². The van der Waals surface area contributed by atoms with Crippen molar-refractivity contribution in [1.82, 2.24) is 9.55 Å². The smallest absolute Gasteiger partial charge is 0.143 e. The molecule has 0 fully saturated rings. The van der Waals surface area contributed by atoms with Gasteiger partial charge in [0.15, 0.2) is 0 Å². The molecule has 2 aromatic rings. The fraction of sp³-hybridized carbons (Fsp3) is 0.375. The van der Waals surface area contributed by atoms with Crippen LogP contribution >= 0.6 is 23.2 Å². The SMILES string of the molecule is CCCCOC(C)/C(=N\c1ccc(Cl)cc1Cl)n1ccnc1. The van der Waals surface area contributed by atoms with Gasteiger partial charge in [-0.1, -0.05) is 36.5 Å². The molecule has 4 nitrogen and oxygen atoms in total. The predicted molar refractivity (Wildman–Crippen MR) is 91.5 cm³/mol. The monoisotopic (exact) mass is 339 g/mol. The molecule has 118 valence electrons. The highest BCUT2D eigenvalue weighted by Crippen LogP contribution is 2.28. The maximum Gasteiger partial charge on any atom is 0.143 e. The minimum atomic E-state index is -0.174. The van der Waals surface area contributed by atoms with Crippen LogP contribution in [0.1, 0.15) is 26.7 Å². The van der Waals surface area contributed by atoms with Crippen LogP contribution in [0, 0.1) is 0 Å². The van der Waals surface area contributed by atoms with Crippen molar-refractivity contribution in [2.75, 3.05) is 6.61 Å². The standard InChI is InChI=1S/C16H19Cl2N3O/c1-3-4-9-22-12(2)16(21-8-7-19-11-21)20-15-6-5-13(17)10-14(15)18/h5-8,10-12H,3-4,9H2,1-2H3/b20-16+. The summed E-state index contributed by atoms with van der Waals surface area (Å²) in [5.41, 5.74) is 0.653. The number of benzene rings is 1. The zero-order chi connectivity index (χ0) is 15.9. The van der Waals surface area contributed by atoms with E-state index in [9.17, 15) is 0 Å². The van der Waals surface area contributed by atoms with E-state index < -0.39 is 0 Å².